The van der Waals surface area contributed by atoms with Gasteiger partial charge >= 0.3 is 0 Å². The molecule has 1 N–H and O–H groups in total. The summed E-state index contributed by atoms with van der Waals surface area (Å²) in [5, 5.41) is 2.27. The molecule has 1 saturated heterocycles. The first kappa shape index (κ1) is 13.5. The number of alkyl halides is 1. The van der Waals surface area contributed by atoms with Gasteiger partial charge in [0.15, 0.2) is 0 Å². The van der Waals surface area contributed by atoms with Gasteiger partial charge in [-0.1, -0.05) is 0 Å². The van der Waals surface area contributed by atoms with Gasteiger partial charge in [0.05, 0.1) is 0 Å². The van der Waals surface area contributed by atoms with Crippen molar-refractivity contribution in [3.8, 4) is 0 Å². The number of amides is 1. The second-order valence-electron chi connectivity index (χ2n) is 3.41. The fourth-order valence-corrected chi connectivity index (χ4v) is 1.39. The molecule has 1 amide bonds. The molecule has 0 saturated carbocycles. The maximum absolute atomic E-state index is 13.7. The van der Waals surface area contributed by atoms with Gasteiger partial charge in [0.25, 0.3) is 0 Å². The van der Waals surface area contributed by atoms with Crippen molar-refractivity contribution in [3.05, 3.63) is 0 Å². The monoisotopic (exact) mass is 262 g/mol. The van der Waals surface area contributed by atoms with Crippen LogP contribution in [-0.4, -0.2) is 43.7 Å². The van der Waals surface area contributed by atoms with E-state index in [4.69, 9.17) is 0 Å². The van der Waals surface area contributed by atoms with Crippen molar-refractivity contribution in [2.75, 3.05) is 26.7 Å². The van der Waals surface area contributed by atoms with E-state index in [9.17, 15) is 9.18 Å². The third-order valence-electron chi connectivity index (χ3n) is 2.36. The molecule has 0 aromatic heterocycles. The van der Waals surface area contributed by atoms with Crippen LogP contribution in [0.25, 0.3) is 0 Å². The standard InChI is InChI=1S/C8H14FN2O.Y/c1-11-4-2-8(9,3-5-11)6-10-7-12;/h2-6H2,1H3,(H,10,12);/q-1;. The third kappa shape index (κ3) is 4.47. The molecule has 1 radical (unpaired) electrons. The van der Waals surface area contributed by atoms with Crippen molar-refractivity contribution in [2.45, 2.75) is 18.5 Å². The Bertz CT molecular complexity index is 160. The average molecular weight is 262 g/mol. The van der Waals surface area contributed by atoms with Crippen molar-refractivity contribution in [1.82, 2.24) is 10.2 Å². The van der Waals surface area contributed by atoms with Crippen LogP contribution in [0.5, 0.6) is 0 Å². The van der Waals surface area contributed by atoms with Crippen LogP contribution in [0.2, 0.25) is 0 Å². The van der Waals surface area contributed by atoms with Gasteiger partial charge in [-0.15, -0.1) is 0 Å². The molecule has 1 heterocycles. The summed E-state index contributed by atoms with van der Waals surface area (Å²) in [5.41, 5.74) is -1.20. The fourth-order valence-electron chi connectivity index (χ4n) is 1.39. The molecule has 73 valence electrons. The van der Waals surface area contributed by atoms with Crippen LogP contribution < -0.4 is 5.32 Å². The summed E-state index contributed by atoms with van der Waals surface area (Å²) in [6.07, 6.45) is 2.49. The van der Waals surface area contributed by atoms with Crippen LogP contribution in [0.1, 0.15) is 12.8 Å². The van der Waals surface area contributed by atoms with Gasteiger partial charge in [-0.2, -0.15) is 6.41 Å². The largest absolute Gasteiger partial charge is 0.527 e. The van der Waals surface area contributed by atoms with E-state index < -0.39 is 5.67 Å². The number of hydrogen-bond donors (Lipinski definition) is 1. The average Bonchev–Trinajstić information content (AvgIpc) is 2.08. The van der Waals surface area contributed by atoms with Crippen LogP contribution in [0.4, 0.5) is 4.39 Å². The van der Waals surface area contributed by atoms with Crippen molar-refractivity contribution in [3.63, 3.8) is 0 Å². The van der Waals surface area contributed by atoms with Gasteiger partial charge in [0, 0.05) is 52.3 Å². The molecule has 0 bridgehead atoms. The minimum absolute atomic E-state index is 0. The molecular formula is C8H14FN2OY-. The smallest absolute Gasteiger partial charge is 0.128 e. The summed E-state index contributed by atoms with van der Waals surface area (Å²) in [4.78, 5) is 11.9. The predicted molar refractivity (Wildman–Crippen MR) is 44.3 cm³/mol. The molecule has 0 unspecified atom stereocenters. The number of piperidine rings is 1. The molecule has 1 fully saturated rings. The maximum atomic E-state index is 13.7. The zero-order valence-electron chi connectivity index (χ0n) is 7.85. The summed E-state index contributed by atoms with van der Waals surface area (Å²) in [6.45, 7) is 1.62. The maximum Gasteiger partial charge on any atom is 0.128 e. The van der Waals surface area contributed by atoms with Crippen LogP contribution in [0.15, 0.2) is 0 Å². The van der Waals surface area contributed by atoms with Crippen molar-refractivity contribution in [2.24, 2.45) is 0 Å². The molecule has 5 heteroatoms. The summed E-state index contributed by atoms with van der Waals surface area (Å²) in [6, 6.07) is 0. The topological polar surface area (TPSA) is 32.3 Å². The van der Waals surface area contributed by atoms with E-state index >= 15 is 0 Å². The van der Waals surface area contributed by atoms with Crippen LogP contribution >= 0.6 is 0 Å². The van der Waals surface area contributed by atoms with E-state index in [0.29, 0.717) is 12.8 Å². The normalized spacial score (nSPS) is 21.7. The molecule has 3 nitrogen and oxygen atoms in total. The molecular weight excluding hydrogens is 248 g/mol. The molecule has 1 aliphatic rings. The molecule has 1 aliphatic heterocycles. The quantitative estimate of drug-likeness (QED) is 0.577. The van der Waals surface area contributed by atoms with E-state index in [0.717, 1.165) is 13.1 Å². The summed E-state index contributed by atoms with van der Waals surface area (Å²) >= 11 is 0. The Hall–Kier alpha value is 0.464. The van der Waals surface area contributed by atoms with E-state index in [-0.39, 0.29) is 39.3 Å². The first-order valence-corrected chi connectivity index (χ1v) is 4.14. The zero-order chi connectivity index (χ0) is 9.03. The zero-order valence-corrected chi connectivity index (χ0v) is 10.7. The Kier molecular flexibility index (Phi) is 6.26. The van der Waals surface area contributed by atoms with E-state index in [1.165, 1.54) is 6.41 Å². The number of nitrogens with one attached hydrogen (secondary N) is 1. The van der Waals surface area contributed by atoms with Crippen LogP contribution in [0, 0.1) is 0 Å². The van der Waals surface area contributed by atoms with Gasteiger partial charge in [-0.25, -0.2) is 4.39 Å². The summed E-state index contributed by atoms with van der Waals surface area (Å²) < 4.78 is 13.7. The third-order valence-corrected chi connectivity index (χ3v) is 2.36. The predicted octanol–water partition coefficient (Wildman–Crippen LogP) is 0.0746. The Morgan fingerprint density at radius 2 is 2.08 bits per heavy atom. The Balaban J connectivity index is 0.00000144. The van der Waals surface area contributed by atoms with Gasteiger partial charge in [0.2, 0.25) is 0 Å². The molecule has 0 atom stereocenters. The van der Waals surface area contributed by atoms with Crippen molar-refractivity contribution >= 4 is 6.41 Å². The number of hydrogen-bond acceptors (Lipinski definition) is 2. The number of rotatable bonds is 3. The number of nitrogens with zero attached hydrogens (tertiary/aromatic N) is 1. The van der Waals surface area contributed by atoms with Crippen LogP contribution in [0.3, 0.4) is 0 Å². The molecule has 13 heavy (non-hydrogen) atoms. The molecule has 0 aliphatic carbocycles. The number of carbonyl (C=O) groups excluding carboxylic acids is 1. The van der Waals surface area contributed by atoms with E-state index in [2.05, 4.69) is 10.2 Å². The molecule has 0 aromatic carbocycles. The van der Waals surface area contributed by atoms with E-state index in [1.807, 2.05) is 7.05 Å². The van der Waals surface area contributed by atoms with Crippen molar-refractivity contribution < 1.29 is 41.9 Å². The minimum Gasteiger partial charge on any atom is -0.527 e. The van der Waals surface area contributed by atoms with Gasteiger partial charge in [0.1, 0.15) is 5.67 Å². The Labute approximate surface area is 103 Å². The van der Waals surface area contributed by atoms with Crippen molar-refractivity contribution in [1.29, 1.82) is 0 Å². The first-order valence-electron chi connectivity index (χ1n) is 4.14. The second kappa shape index (κ2) is 6.04. The Morgan fingerprint density at radius 1 is 1.54 bits per heavy atom. The minimum atomic E-state index is -1.20. The van der Waals surface area contributed by atoms with E-state index in [1.54, 1.807) is 0 Å². The Morgan fingerprint density at radius 3 is 2.54 bits per heavy atom. The second-order valence-corrected chi connectivity index (χ2v) is 3.41. The van der Waals surface area contributed by atoms with Crippen LogP contribution in [-0.2, 0) is 37.5 Å². The fraction of sp³-hybridized carbons (Fsp3) is 0.875. The van der Waals surface area contributed by atoms with Gasteiger partial charge < -0.3 is 15.0 Å². The van der Waals surface area contributed by atoms with Gasteiger partial charge in [-0.3, -0.25) is 0 Å². The summed E-state index contributed by atoms with van der Waals surface area (Å²) in [5.74, 6) is 0. The number of likely N-dealkylation sites (tertiary alicyclic amines) is 1. The molecule has 0 spiro atoms. The first-order chi connectivity index (χ1) is 5.66. The molecule has 0 aromatic rings. The van der Waals surface area contributed by atoms with Gasteiger partial charge in [-0.05, 0) is 19.9 Å². The summed E-state index contributed by atoms with van der Waals surface area (Å²) in [7, 11) is 1.97. The number of halogens is 1. The SMILES string of the molecule is CN1CCC(F)(CN[C-]=O)CC1.[Y]. The molecule has 1 rings (SSSR count).